The average Bonchev–Trinajstić information content (AvgIpc) is 2.66. The third kappa shape index (κ3) is 3.12. The topological polar surface area (TPSA) is 57.0 Å². The SMILES string of the molecule is Cn1nncc1CS(=O)CC1CCCCO1. The van der Waals surface area contributed by atoms with Crippen molar-refractivity contribution in [3.05, 3.63) is 11.9 Å². The van der Waals surface area contributed by atoms with Gasteiger partial charge in [0.15, 0.2) is 0 Å². The van der Waals surface area contributed by atoms with E-state index in [4.69, 9.17) is 4.74 Å². The van der Waals surface area contributed by atoms with Crippen LogP contribution in [-0.4, -0.2) is 37.7 Å². The predicted octanol–water partition coefficient (Wildman–Crippen LogP) is 0.633. The summed E-state index contributed by atoms with van der Waals surface area (Å²) in [6.45, 7) is 0.815. The number of aromatic nitrogens is 3. The lowest BCUT2D eigenvalue weighted by Crippen LogP contribution is -2.25. The minimum absolute atomic E-state index is 0.177. The average molecular weight is 243 g/mol. The first-order chi connectivity index (χ1) is 7.75. The number of hydrogen-bond donors (Lipinski definition) is 0. The van der Waals surface area contributed by atoms with Crippen molar-refractivity contribution in [2.75, 3.05) is 12.4 Å². The molecule has 1 aromatic rings. The van der Waals surface area contributed by atoms with E-state index in [9.17, 15) is 4.21 Å². The van der Waals surface area contributed by atoms with Crippen LogP contribution in [0.1, 0.15) is 25.0 Å². The molecule has 0 N–H and O–H groups in total. The zero-order valence-electron chi connectivity index (χ0n) is 9.46. The first-order valence-corrected chi connectivity index (χ1v) is 7.04. The molecule has 0 saturated carbocycles. The van der Waals surface area contributed by atoms with Crippen LogP contribution in [0.3, 0.4) is 0 Å². The van der Waals surface area contributed by atoms with Crippen molar-refractivity contribution < 1.29 is 8.95 Å². The standard InChI is InChI=1S/C10H17N3O2S/c1-13-9(6-11-12-13)7-16(14)8-10-4-2-3-5-15-10/h6,10H,2-5,7-8H2,1H3. The smallest absolute Gasteiger partial charge is 0.0734 e. The number of aryl methyl sites for hydroxylation is 1. The lowest BCUT2D eigenvalue weighted by Gasteiger charge is -2.21. The van der Waals surface area contributed by atoms with Crippen LogP contribution < -0.4 is 0 Å². The molecule has 90 valence electrons. The molecule has 0 bridgehead atoms. The molecule has 2 rings (SSSR count). The van der Waals surface area contributed by atoms with E-state index in [1.54, 1.807) is 10.9 Å². The van der Waals surface area contributed by atoms with Crippen molar-refractivity contribution in [2.45, 2.75) is 31.1 Å². The van der Waals surface area contributed by atoms with Crippen molar-refractivity contribution in [2.24, 2.45) is 7.05 Å². The molecule has 16 heavy (non-hydrogen) atoms. The van der Waals surface area contributed by atoms with Gasteiger partial charge in [0.2, 0.25) is 0 Å². The summed E-state index contributed by atoms with van der Waals surface area (Å²) in [5, 5.41) is 7.59. The molecular formula is C10H17N3O2S. The normalized spacial score (nSPS) is 23.2. The molecule has 1 aliphatic rings. The van der Waals surface area contributed by atoms with Crippen LogP contribution in [0.4, 0.5) is 0 Å². The van der Waals surface area contributed by atoms with Crippen LogP contribution in [0.15, 0.2) is 6.20 Å². The van der Waals surface area contributed by atoms with Gasteiger partial charge in [-0.2, -0.15) is 0 Å². The molecule has 1 aliphatic heterocycles. The summed E-state index contributed by atoms with van der Waals surface area (Å²) in [6.07, 6.45) is 5.20. The summed E-state index contributed by atoms with van der Waals surface area (Å²) in [5.41, 5.74) is 0.911. The first kappa shape index (κ1) is 11.7. The fraction of sp³-hybridized carbons (Fsp3) is 0.800. The van der Waals surface area contributed by atoms with Crippen LogP contribution in [0, 0.1) is 0 Å². The van der Waals surface area contributed by atoms with Crippen molar-refractivity contribution in [3.63, 3.8) is 0 Å². The molecular weight excluding hydrogens is 226 g/mol. The highest BCUT2D eigenvalue weighted by Crippen LogP contribution is 2.14. The summed E-state index contributed by atoms with van der Waals surface area (Å²) >= 11 is 0. The van der Waals surface area contributed by atoms with E-state index in [0.717, 1.165) is 25.1 Å². The monoisotopic (exact) mass is 243 g/mol. The minimum Gasteiger partial charge on any atom is -0.377 e. The Morgan fingerprint density at radius 2 is 2.50 bits per heavy atom. The molecule has 1 fully saturated rings. The predicted molar refractivity (Wildman–Crippen MR) is 61.3 cm³/mol. The first-order valence-electron chi connectivity index (χ1n) is 5.56. The minimum atomic E-state index is -0.883. The Balaban J connectivity index is 1.82. The molecule has 0 spiro atoms. The van der Waals surface area contributed by atoms with Crippen LogP contribution in [0.25, 0.3) is 0 Å². The maximum Gasteiger partial charge on any atom is 0.0734 e. The molecule has 6 heteroatoms. The molecule has 2 unspecified atom stereocenters. The zero-order valence-corrected chi connectivity index (χ0v) is 10.3. The van der Waals surface area contributed by atoms with Gasteiger partial charge < -0.3 is 4.74 Å². The van der Waals surface area contributed by atoms with Gasteiger partial charge in [-0.1, -0.05) is 5.21 Å². The van der Waals surface area contributed by atoms with Crippen molar-refractivity contribution in [3.8, 4) is 0 Å². The lowest BCUT2D eigenvalue weighted by molar-refractivity contribution is 0.0310. The van der Waals surface area contributed by atoms with Gasteiger partial charge in [-0.3, -0.25) is 8.89 Å². The number of rotatable bonds is 4. The van der Waals surface area contributed by atoms with Gasteiger partial charge in [-0.25, -0.2) is 0 Å². The van der Waals surface area contributed by atoms with E-state index < -0.39 is 10.8 Å². The number of hydrogen-bond acceptors (Lipinski definition) is 4. The van der Waals surface area contributed by atoms with Gasteiger partial charge in [-0.05, 0) is 19.3 Å². The summed E-state index contributed by atoms with van der Waals surface area (Å²) in [7, 11) is 0.933. The van der Waals surface area contributed by atoms with E-state index in [0.29, 0.717) is 11.5 Å². The lowest BCUT2D eigenvalue weighted by atomic mass is 10.1. The molecule has 0 aromatic carbocycles. The fourth-order valence-corrected chi connectivity index (χ4v) is 3.20. The second-order valence-electron chi connectivity index (χ2n) is 4.09. The van der Waals surface area contributed by atoms with Crippen molar-refractivity contribution >= 4 is 10.8 Å². The number of nitrogens with zero attached hydrogens (tertiary/aromatic N) is 3. The van der Waals surface area contributed by atoms with E-state index in [1.165, 1.54) is 6.42 Å². The molecule has 0 radical (unpaired) electrons. The van der Waals surface area contributed by atoms with Crippen molar-refractivity contribution in [1.82, 2.24) is 15.0 Å². The quantitative estimate of drug-likeness (QED) is 0.778. The Hall–Kier alpha value is -0.750. The van der Waals surface area contributed by atoms with E-state index in [-0.39, 0.29) is 6.10 Å². The molecule has 0 aliphatic carbocycles. The zero-order chi connectivity index (χ0) is 11.4. The van der Waals surface area contributed by atoms with Crippen LogP contribution >= 0.6 is 0 Å². The van der Waals surface area contributed by atoms with Crippen LogP contribution in [-0.2, 0) is 28.3 Å². The van der Waals surface area contributed by atoms with Gasteiger partial charge in [0.05, 0.1) is 29.5 Å². The highest BCUT2D eigenvalue weighted by atomic mass is 32.2. The van der Waals surface area contributed by atoms with Gasteiger partial charge in [0.25, 0.3) is 0 Å². The molecule has 1 saturated heterocycles. The Labute approximate surface area is 97.6 Å². The van der Waals surface area contributed by atoms with Gasteiger partial charge in [0.1, 0.15) is 0 Å². The van der Waals surface area contributed by atoms with Gasteiger partial charge in [0, 0.05) is 24.5 Å². The van der Waals surface area contributed by atoms with E-state index >= 15 is 0 Å². The van der Waals surface area contributed by atoms with Crippen molar-refractivity contribution in [1.29, 1.82) is 0 Å². The second kappa shape index (κ2) is 5.54. The second-order valence-corrected chi connectivity index (χ2v) is 5.59. The maximum absolute atomic E-state index is 11.9. The van der Waals surface area contributed by atoms with Gasteiger partial charge in [-0.15, -0.1) is 5.10 Å². The maximum atomic E-state index is 11.9. The Morgan fingerprint density at radius 3 is 3.12 bits per heavy atom. The Bertz CT molecular complexity index is 361. The molecule has 0 amide bonds. The third-order valence-electron chi connectivity index (χ3n) is 2.76. The van der Waals surface area contributed by atoms with E-state index in [1.807, 2.05) is 7.05 Å². The highest BCUT2D eigenvalue weighted by Gasteiger charge is 2.17. The Kier molecular flexibility index (Phi) is 4.06. The largest absolute Gasteiger partial charge is 0.377 e. The third-order valence-corrected chi connectivity index (χ3v) is 4.12. The highest BCUT2D eigenvalue weighted by molar-refractivity contribution is 7.84. The Morgan fingerprint density at radius 1 is 1.62 bits per heavy atom. The summed E-state index contributed by atoms with van der Waals surface area (Å²) in [5.74, 6) is 1.15. The summed E-state index contributed by atoms with van der Waals surface area (Å²) in [4.78, 5) is 0. The van der Waals surface area contributed by atoms with Gasteiger partial charge >= 0.3 is 0 Å². The molecule has 1 aromatic heterocycles. The van der Waals surface area contributed by atoms with Crippen LogP contribution in [0.2, 0.25) is 0 Å². The summed E-state index contributed by atoms with van der Waals surface area (Å²) < 4.78 is 19.1. The van der Waals surface area contributed by atoms with E-state index in [2.05, 4.69) is 10.3 Å². The van der Waals surface area contributed by atoms with Crippen LogP contribution in [0.5, 0.6) is 0 Å². The summed E-state index contributed by atoms with van der Waals surface area (Å²) in [6, 6.07) is 0. The fourth-order valence-electron chi connectivity index (χ4n) is 1.81. The number of ether oxygens (including phenoxy) is 1. The molecule has 5 nitrogen and oxygen atoms in total. The molecule has 2 atom stereocenters. The molecule has 2 heterocycles.